The number of aliphatic hydroxyl groups is 1. The maximum atomic E-state index is 9.78. The van der Waals surface area contributed by atoms with E-state index in [1.807, 2.05) is 13.0 Å². The van der Waals surface area contributed by atoms with Crippen molar-refractivity contribution in [3.8, 4) is 0 Å². The molecule has 1 saturated heterocycles. The lowest BCUT2D eigenvalue weighted by Gasteiger charge is -2.37. The highest BCUT2D eigenvalue weighted by atomic mass is 16.3. The van der Waals surface area contributed by atoms with E-state index in [1.165, 1.54) is 18.4 Å². The predicted molar refractivity (Wildman–Crippen MR) is 66.2 cm³/mol. The monoisotopic (exact) mass is 219 g/mol. The Hall–Kier alpha value is -0.860. The van der Waals surface area contributed by atoms with Gasteiger partial charge in [-0.3, -0.25) is 4.90 Å². The Labute approximate surface area is 97.9 Å². The van der Waals surface area contributed by atoms with Crippen molar-refractivity contribution >= 4 is 0 Å². The highest BCUT2D eigenvalue weighted by Gasteiger charge is 2.25. The van der Waals surface area contributed by atoms with Crippen LogP contribution in [-0.2, 0) is 6.54 Å². The standard InChI is InChI=1S/C14H21NO/c1-12(16)14-9-5-6-10-15(14)11-13-7-3-2-4-8-13/h2-4,7-8,12,14,16H,5-6,9-11H2,1H3/t12-,14?/m1/s1. The van der Waals surface area contributed by atoms with Crippen LogP contribution in [0, 0.1) is 0 Å². The summed E-state index contributed by atoms with van der Waals surface area (Å²) in [6, 6.07) is 10.9. The van der Waals surface area contributed by atoms with Gasteiger partial charge in [0, 0.05) is 12.6 Å². The van der Waals surface area contributed by atoms with Crippen molar-refractivity contribution in [2.75, 3.05) is 6.54 Å². The zero-order valence-electron chi connectivity index (χ0n) is 9.97. The number of piperidine rings is 1. The highest BCUT2D eigenvalue weighted by molar-refractivity contribution is 5.14. The van der Waals surface area contributed by atoms with E-state index in [-0.39, 0.29) is 6.10 Å². The zero-order chi connectivity index (χ0) is 11.4. The Morgan fingerprint density at radius 2 is 2.06 bits per heavy atom. The van der Waals surface area contributed by atoms with E-state index >= 15 is 0 Å². The summed E-state index contributed by atoms with van der Waals surface area (Å²) in [5, 5.41) is 9.78. The second kappa shape index (κ2) is 5.46. The molecule has 0 saturated carbocycles. The fourth-order valence-corrected chi connectivity index (χ4v) is 2.58. The first kappa shape index (κ1) is 11.6. The molecular weight excluding hydrogens is 198 g/mol. The van der Waals surface area contributed by atoms with Crippen LogP contribution in [0.3, 0.4) is 0 Å². The summed E-state index contributed by atoms with van der Waals surface area (Å²) in [5.41, 5.74) is 1.34. The number of rotatable bonds is 3. The van der Waals surface area contributed by atoms with Crippen LogP contribution in [-0.4, -0.2) is 28.7 Å². The van der Waals surface area contributed by atoms with Gasteiger partial charge in [-0.05, 0) is 31.9 Å². The number of hydrogen-bond acceptors (Lipinski definition) is 2. The van der Waals surface area contributed by atoms with Crippen LogP contribution in [0.4, 0.5) is 0 Å². The second-order valence-corrected chi connectivity index (χ2v) is 4.76. The van der Waals surface area contributed by atoms with Crippen LogP contribution in [0.2, 0.25) is 0 Å². The Balaban J connectivity index is 2.01. The number of nitrogens with zero attached hydrogens (tertiary/aromatic N) is 1. The van der Waals surface area contributed by atoms with E-state index < -0.39 is 0 Å². The van der Waals surface area contributed by atoms with E-state index in [0.717, 1.165) is 19.5 Å². The van der Waals surface area contributed by atoms with Gasteiger partial charge in [-0.25, -0.2) is 0 Å². The van der Waals surface area contributed by atoms with Crippen molar-refractivity contribution in [1.29, 1.82) is 0 Å². The molecule has 1 aromatic carbocycles. The van der Waals surface area contributed by atoms with Crippen molar-refractivity contribution in [2.45, 2.75) is 44.9 Å². The summed E-state index contributed by atoms with van der Waals surface area (Å²) in [6.45, 7) is 3.99. The molecule has 1 aliphatic rings. The molecule has 1 aromatic rings. The minimum Gasteiger partial charge on any atom is -0.392 e. The minimum absolute atomic E-state index is 0.219. The Morgan fingerprint density at radius 1 is 1.31 bits per heavy atom. The summed E-state index contributed by atoms with van der Waals surface area (Å²) >= 11 is 0. The average Bonchev–Trinajstić information content (AvgIpc) is 2.31. The fourth-order valence-electron chi connectivity index (χ4n) is 2.58. The molecule has 88 valence electrons. The van der Waals surface area contributed by atoms with Crippen molar-refractivity contribution in [3.63, 3.8) is 0 Å². The first-order chi connectivity index (χ1) is 7.77. The molecule has 2 nitrogen and oxygen atoms in total. The molecule has 2 rings (SSSR count). The number of hydrogen-bond donors (Lipinski definition) is 1. The van der Waals surface area contributed by atoms with Crippen LogP contribution in [0.5, 0.6) is 0 Å². The van der Waals surface area contributed by atoms with E-state index in [1.54, 1.807) is 0 Å². The summed E-state index contributed by atoms with van der Waals surface area (Å²) < 4.78 is 0. The molecule has 0 radical (unpaired) electrons. The third kappa shape index (κ3) is 2.83. The molecule has 0 amide bonds. The Kier molecular flexibility index (Phi) is 3.97. The van der Waals surface area contributed by atoms with Crippen LogP contribution >= 0.6 is 0 Å². The minimum atomic E-state index is -0.219. The average molecular weight is 219 g/mol. The number of benzene rings is 1. The van der Waals surface area contributed by atoms with Gasteiger partial charge in [0.05, 0.1) is 6.10 Å². The van der Waals surface area contributed by atoms with Crippen LogP contribution in [0.1, 0.15) is 31.7 Å². The third-order valence-electron chi connectivity index (χ3n) is 3.45. The van der Waals surface area contributed by atoms with Crippen molar-refractivity contribution < 1.29 is 5.11 Å². The topological polar surface area (TPSA) is 23.5 Å². The lowest BCUT2D eigenvalue weighted by Crippen LogP contribution is -2.45. The van der Waals surface area contributed by atoms with E-state index in [2.05, 4.69) is 29.2 Å². The van der Waals surface area contributed by atoms with Gasteiger partial charge in [0.1, 0.15) is 0 Å². The summed E-state index contributed by atoms with van der Waals surface area (Å²) in [7, 11) is 0. The first-order valence-electron chi connectivity index (χ1n) is 6.23. The van der Waals surface area contributed by atoms with Gasteiger partial charge in [-0.15, -0.1) is 0 Å². The Bertz CT molecular complexity index is 310. The molecule has 1 heterocycles. The molecule has 0 bridgehead atoms. The third-order valence-corrected chi connectivity index (χ3v) is 3.45. The molecule has 2 atom stereocenters. The molecule has 16 heavy (non-hydrogen) atoms. The number of aliphatic hydroxyl groups excluding tert-OH is 1. The predicted octanol–water partition coefficient (Wildman–Crippen LogP) is 2.42. The fraction of sp³-hybridized carbons (Fsp3) is 0.571. The van der Waals surface area contributed by atoms with Gasteiger partial charge in [0.25, 0.3) is 0 Å². The van der Waals surface area contributed by atoms with Crippen LogP contribution in [0.15, 0.2) is 30.3 Å². The Morgan fingerprint density at radius 3 is 2.75 bits per heavy atom. The smallest absolute Gasteiger partial charge is 0.0667 e. The molecule has 1 aliphatic heterocycles. The van der Waals surface area contributed by atoms with Gasteiger partial charge in [0.15, 0.2) is 0 Å². The van der Waals surface area contributed by atoms with Gasteiger partial charge in [-0.1, -0.05) is 36.8 Å². The second-order valence-electron chi connectivity index (χ2n) is 4.76. The highest BCUT2D eigenvalue weighted by Crippen LogP contribution is 2.21. The largest absolute Gasteiger partial charge is 0.392 e. The van der Waals surface area contributed by atoms with Crippen molar-refractivity contribution in [2.24, 2.45) is 0 Å². The van der Waals surface area contributed by atoms with Crippen molar-refractivity contribution in [1.82, 2.24) is 4.90 Å². The van der Waals surface area contributed by atoms with Gasteiger partial charge < -0.3 is 5.11 Å². The molecular formula is C14H21NO. The van der Waals surface area contributed by atoms with Crippen LogP contribution < -0.4 is 0 Å². The number of likely N-dealkylation sites (tertiary alicyclic amines) is 1. The molecule has 0 spiro atoms. The SMILES string of the molecule is C[C@@H](O)C1CCCCN1Cc1ccccc1. The first-order valence-corrected chi connectivity index (χ1v) is 6.23. The quantitative estimate of drug-likeness (QED) is 0.844. The maximum absolute atomic E-state index is 9.78. The summed E-state index contributed by atoms with van der Waals surface area (Å²) in [5.74, 6) is 0. The van der Waals surface area contributed by atoms with Gasteiger partial charge in [-0.2, -0.15) is 0 Å². The zero-order valence-corrected chi connectivity index (χ0v) is 9.97. The molecule has 0 aromatic heterocycles. The summed E-state index contributed by atoms with van der Waals surface area (Å²) in [6.07, 6.45) is 3.42. The van der Waals surface area contributed by atoms with Crippen molar-refractivity contribution in [3.05, 3.63) is 35.9 Å². The molecule has 2 heteroatoms. The van der Waals surface area contributed by atoms with E-state index in [9.17, 15) is 5.11 Å². The molecule has 1 unspecified atom stereocenters. The lowest BCUT2D eigenvalue weighted by atomic mass is 9.97. The normalized spacial score (nSPS) is 24.2. The van der Waals surface area contributed by atoms with Gasteiger partial charge in [0.2, 0.25) is 0 Å². The van der Waals surface area contributed by atoms with Crippen LogP contribution in [0.25, 0.3) is 0 Å². The molecule has 1 N–H and O–H groups in total. The maximum Gasteiger partial charge on any atom is 0.0667 e. The van der Waals surface area contributed by atoms with Gasteiger partial charge >= 0.3 is 0 Å². The lowest BCUT2D eigenvalue weighted by molar-refractivity contribution is 0.0317. The molecule has 0 aliphatic carbocycles. The van der Waals surface area contributed by atoms with E-state index in [4.69, 9.17) is 0 Å². The summed E-state index contributed by atoms with van der Waals surface area (Å²) in [4.78, 5) is 2.42. The molecule has 1 fully saturated rings. The van der Waals surface area contributed by atoms with E-state index in [0.29, 0.717) is 6.04 Å².